The first-order valence-electron chi connectivity index (χ1n) is 9.49. The highest BCUT2D eigenvalue weighted by molar-refractivity contribution is 5.91. The number of carboxylic acids is 1. The maximum atomic E-state index is 14.5. The zero-order valence-corrected chi connectivity index (χ0v) is 15.9. The Labute approximate surface area is 165 Å². The van der Waals surface area contributed by atoms with Crippen LogP contribution in [0.2, 0.25) is 0 Å². The van der Waals surface area contributed by atoms with E-state index < -0.39 is 23.6 Å². The van der Waals surface area contributed by atoms with Gasteiger partial charge in [0.2, 0.25) is 0 Å². The third kappa shape index (κ3) is 3.76. The maximum Gasteiger partial charge on any atom is 0.305 e. The van der Waals surface area contributed by atoms with Crippen LogP contribution >= 0.6 is 0 Å². The van der Waals surface area contributed by atoms with Crippen molar-refractivity contribution >= 4 is 22.8 Å². The number of pyridine rings is 1. The molecule has 1 fully saturated rings. The topological polar surface area (TPSA) is 104 Å². The average Bonchev–Trinajstić information content (AvgIpc) is 3.29. The van der Waals surface area contributed by atoms with E-state index in [2.05, 4.69) is 25.3 Å². The quantitative estimate of drug-likeness (QED) is 0.574. The van der Waals surface area contributed by atoms with Crippen molar-refractivity contribution in [2.45, 2.75) is 45.1 Å². The smallest absolute Gasteiger partial charge is 0.305 e. The number of H-pyrrole nitrogens is 1. The number of carbonyl (C=O) groups is 1. The van der Waals surface area contributed by atoms with Gasteiger partial charge in [0.1, 0.15) is 11.5 Å². The summed E-state index contributed by atoms with van der Waals surface area (Å²) in [4.78, 5) is 26.6. The molecular weight excluding hydrogens is 380 g/mol. The molecule has 3 aromatic rings. The van der Waals surface area contributed by atoms with Crippen LogP contribution in [-0.2, 0) is 4.79 Å². The lowest BCUT2D eigenvalue weighted by atomic mass is 9.79. The Morgan fingerprint density at radius 2 is 2.07 bits per heavy atom. The van der Waals surface area contributed by atoms with Gasteiger partial charge in [-0.1, -0.05) is 19.8 Å². The van der Waals surface area contributed by atoms with E-state index in [1.165, 1.54) is 6.07 Å². The van der Waals surface area contributed by atoms with E-state index in [9.17, 15) is 18.7 Å². The number of aromatic nitrogens is 4. The fraction of sp³-hybridized carbons (Fsp3) is 0.400. The summed E-state index contributed by atoms with van der Waals surface area (Å²) in [5.41, 5.74) is 0.687. The van der Waals surface area contributed by atoms with E-state index in [4.69, 9.17) is 0 Å². The minimum atomic E-state index is -0.955. The number of hydrogen-bond acceptors (Lipinski definition) is 5. The van der Waals surface area contributed by atoms with E-state index in [1.807, 2.05) is 6.92 Å². The molecule has 152 valence electrons. The molecule has 1 atom stereocenters. The van der Waals surface area contributed by atoms with Gasteiger partial charge in [0.05, 0.1) is 18.8 Å². The van der Waals surface area contributed by atoms with Gasteiger partial charge in [-0.3, -0.25) is 4.79 Å². The van der Waals surface area contributed by atoms with Gasteiger partial charge < -0.3 is 15.4 Å². The van der Waals surface area contributed by atoms with Gasteiger partial charge in [-0.15, -0.1) is 0 Å². The SMILES string of the molecule is CC1([C@@H](CC(=O)O)Nc2nc(-c3c[nH]c4ncc(F)cc34)ncc2F)CCCC1. The second-order valence-electron chi connectivity index (χ2n) is 7.80. The van der Waals surface area contributed by atoms with Crippen LogP contribution in [0.15, 0.2) is 24.7 Å². The van der Waals surface area contributed by atoms with Crippen molar-refractivity contribution < 1.29 is 18.7 Å². The molecule has 0 unspecified atom stereocenters. The highest BCUT2D eigenvalue weighted by Gasteiger charge is 2.38. The molecular formula is C20H21F2N5O2. The standard InChI is InChI=1S/C20H21F2N5O2/c1-20(4-2-3-5-20)15(7-16(28)29)26-19-14(22)10-25-18(27-19)13-9-24-17-12(13)6-11(21)8-23-17/h6,8-10,15H,2-5,7H2,1H3,(H,23,24)(H,28,29)(H,25,26,27)/t15-/m1/s1. The molecule has 3 N–H and O–H groups in total. The van der Waals surface area contributed by atoms with Gasteiger partial charge in [0.15, 0.2) is 17.5 Å². The third-order valence-electron chi connectivity index (χ3n) is 5.76. The Bertz CT molecular complexity index is 1060. The number of carboxylic acid groups (broad SMARTS) is 1. The van der Waals surface area contributed by atoms with Crippen LogP contribution in [0, 0.1) is 17.0 Å². The summed E-state index contributed by atoms with van der Waals surface area (Å²) in [5.74, 6) is -2.00. The normalized spacial score (nSPS) is 16.8. The predicted molar refractivity (Wildman–Crippen MR) is 103 cm³/mol. The van der Waals surface area contributed by atoms with E-state index in [0.29, 0.717) is 16.6 Å². The lowest BCUT2D eigenvalue weighted by molar-refractivity contribution is -0.137. The van der Waals surface area contributed by atoms with Crippen LogP contribution in [0.25, 0.3) is 22.4 Å². The van der Waals surface area contributed by atoms with Gasteiger partial charge in [0.25, 0.3) is 0 Å². The summed E-state index contributed by atoms with van der Waals surface area (Å²) < 4.78 is 28.1. The minimum absolute atomic E-state index is 0.0620. The number of nitrogens with zero attached hydrogens (tertiary/aromatic N) is 3. The number of halogens is 2. The van der Waals surface area contributed by atoms with Crippen LogP contribution in [0.1, 0.15) is 39.0 Å². The monoisotopic (exact) mass is 401 g/mol. The molecule has 7 nitrogen and oxygen atoms in total. The van der Waals surface area contributed by atoms with Crippen molar-refractivity contribution in [3.63, 3.8) is 0 Å². The van der Waals surface area contributed by atoms with Crippen LogP contribution in [0.5, 0.6) is 0 Å². The Hall–Kier alpha value is -3.10. The van der Waals surface area contributed by atoms with Crippen LogP contribution in [-0.4, -0.2) is 37.1 Å². The number of hydrogen-bond donors (Lipinski definition) is 3. The van der Waals surface area contributed by atoms with Gasteiger partial charge in [0, 0.05) is 23.2 Å². The fourth-order valence-corrected chi connectivity index (χ4v) is 4.10. The summed E-state index contributed by atoms with van der Waals surface area (Å²) in [6.07, 6.45) is 7.33. The van der Waals surface area contributed by atoms with Crippen LogP contribution in [0.4, 0.5) is 14.6 Å². The zero-order chi connectivity index (χ0) is 20.6. The Balaban J connectivity index is 1.70. The predicted octanol–water partition coefficient (Wildman–Crippen LogP) is 4.13. The molecule has 3 heterocycles. The summed E-state index contributed by atoms with van der Waals surface area (Å²) >= 11 is 0. The molecule has 29 heavy (non-hydrogen) atoms. The average molecular weight is 401 g/mol. The summed E-state index contributed by atoms with van der Waals surface area (Å²) in [7, 11) is 0. The molecule has 0 aliphatic heterocycles. The maximum absolute atomic E-state index is 14.5. The van der Waals surface area contributed by atoms with Gasteiger partial charge in [-0.2, -0.15) is 0 Å². The molecule has 0 aromatic carbocycles. The summed E-state index contributed by atoms with van der Waals surface area (Å²) in [6.45, 7) is 2.02. The van der Waals surface area contributed by atoms with Crippen molar-refractivity contribution in [2.24, 2.45) is 5.41 Å². The molecule has 1 saturated carbocycles. The molecule has 0 spiro atoms. The van der Waals surface area contributed by atoms with Crippen molar-refractivity contribution in [2.75, 3.05) is 5.32 Å². The van der Waals surface area contributed by atoms with Crippen LogP contribution in [0.3, 0.4) is 0 Å². The van der Waals surface area contributed by atoms with Crippen LogP contribution < -0.4 is 5.32 Å². The molecule has 1 aliphatic carbocycles. The van der Waals surface area contributed by atoms with Crippen molar-refractivity contribution in [3.8, 4) is 11.4 Å². The number of aliphatic carboxylic acids is 1. The second kappa shape index (κ2) is 7.38. The lowest BCUT2D eigenvalue weighted by Gasteiger charge is -2.34. The zero-order valence-electron chi connectivity index (χ0n) is 15.9. The first-order chi connectivity index (χ1) is 13.9. The largest absolute Gasteiger partial charge is 0.481 e. The molecule has 1 aliphatic rings. The highest BCUT2D eigenvalue weighted by atomic mass is 19.1. The number of nitrogens with one attached hydrogen (secondary N) is 2. The van der Waals surface area contributed by atoms with Crippen molar-refractivity contribution in [1.82, 2.24) is 19.9 Å². The highest BCUT2D eigenvalue weighted by Crippen LogP contribution is 2.43. The fourth-order valence-electron chi connectivity index (χ4n) is 4.10. The van der Waals surface area contributed by atoms with E-state index in [1.54, 1.807) is 6.20 Å². The molecule has 0 amide bonds. The minimum Gasteiger partial charge on any atom is -0.481 e. The Kier molecular flexibility index (Phi) is 4.89. The van der Waals surface area contributed by atoms with Gasteiger partial charge in [-0.25, -0.2) is 23.7 Å². The molecule has 9 heteroatoms. The molecule has 3 aromatic heterocycles. The molecule has 0 radical (unpaired) electrons. The number of rotatable bonds is 6. The van der Waals surface area contributed by atoms with Gasteiger partial charge >= 0.3 is 5.97 Å². The Morgan fingerprint density at radius 1 is 1.31 bits per heavy atom. The number of aromatic amines is 1. The van der Waals surface area contributed by atoms with E-state index in [-0.39, 0.29) is 23.5 Å². The Morgan fingerprint density at radius 3 is 2.79 bits per heavy atom. The first kappa shape index (κ1) is 19.2. The lowest BCUT2D eigenvalue weighted by Crippen LogP contribution is -2.39. The number of anilines is 1. The van der Waals surface area contributed by atoms with E-state index in [0.717, 1.165) is 38.1 Å². The second-order valence-corrected chi connectivity index (χ2v) is 7.80. The summed E-state index contributed by atoms with van der Waals surface area (Å²) in [5, 5.41) is 12.8. The molecule has 4 rings (SSSR count). The first-order valence-corrected chi connectivity index (χ1v) is 9.49. The van der Waals surface area contributed by atoms with E-state index >= 15 is 0 Å². The van der Waals surface area contributed by atoms with Crippen molar-refractivity contribution in [3.05, 3.63) is 36.3 Å². The number of fused-ring (bicyclic) bond motifs is 1. The third-order valence-corrected chi connectivity index (χ3v) is 5.76. The molecule has 0 saturated heterocycles. The molecule has 0 bridgehead atoms. The summed E-state index contributed by atoms with van der Waals surface area (Å²) in [6, 6.07) is 0.836. The van der Waals surface area contributed by atoms with Gasteiger partial charge in [-0.05, 0) is 24.3 Å². The van der Waals surface area contributed by atoms with Crippen molar-refractivity contribution in [1.29, 1.82) is 0 Å².